The lowest BCUT2D eigenvalue weighted by Crippen LogP contribution is -1.95. The number of hydrogen-bond acceptors (Lipinski definition) is 2. The SMILES string of the molecule is COc1ccc(C(C)[CH]C=O)cc1. The molecule has 1 aromatic rings. The van der Waals surface area contributed by atoms with E-state index < -0.39 is 0 Å². The van der Waals surface area contributed by atoms with Crippen molar-refractivity contribution in [3.05, 3.63) is 36.2 Å². The Morgan fingerprint density at radius 3 is 2.38 bits per heavy atom. The summed E-state index contributed by atoms with van der Waals surface area (Å²) in [4.78, 5) is 10.2. The number of methoxy groups -OCH3 is 1. The Bertz CT molecular complexity index is 264. The lowest BCUT2D eigenvalue weighted by Gasteiger charge is -2.08. The van der Waals surface area contributed by atoms with Crippen LogP contribution in [0.5, 0.6) is 5.75 Å². The Morgan fingerprint density at radius 1 is 1.31 bits per heavy atom. The third-order valence-electron chi connectivity index (χ3n) is 2.01. The summed E-state index contributed by atoms with van der Waals surface area (Å²) in [5.74, 6) is 1.01. The Morgan fingerprint density at radius 2 is 1.92 bits per heavy atom. The van der Waals surface area contributed by atoms with E-state index in [9.17, 15) is 4.79 Å². The van der Waals surface area contributed by atoms with Crippen LogP contribution < -0.4 is 4.74 Å². The Kier molecular flexibility index (Phi) is 3.50. The second-order valence-electron chi connectivity index (χ2n) is 2.89. The molecule has 1 rings (SSSR count). The van der Waals surface area contributed by atoms with E-state index in [1.54, 1.807) is 13.5 Å². The molecular weight excluding hydrogens is 164 g/mol. The summed E-state index contributed by atoms with van der Waals surface area (Å²) in [5, 5.41) is 0. The maximum absolute atomic E-state index is 10.2. The van der Waals surface area contributed by atoms with Gasteiger partial charge >= 0.3 is 0 Å². The van der Waals surface area contributed by atoms with Crippen LogP contribution in [0.4, 0.5) is 0 Å². The summed E-state index contributed by atoms with van der Waals surface area (Å²) in [5.41, 5.74) is 1.12. The number of benzene rings is 1. The molecule has 69 valence electrons. The fraction of sp³-hybridized carbons (Fsp3) is 0.273. The molecule has 2 heteroatoms. The van der Waals surface area contributed by atoms with E-state index in [0.717, 1.165) is 17.6 Å². The van der Waals surface area contributed by atoms with Crippen LogP contribution in [0.2, 0.25) is 0 Å². The molecule has 0 spiro atoms. The zero-order valence-electron chi connectivity index (χ0n) is 7.86. The second-order valence-corrected chi connectivity index (χ2v) is 2.89. The van der Waals surface area contributed by atoms with Crippen LogP contribution in [0.3, 0.4) is 0 Å². The third kappa shape index (κ3) is 2.58. The molecule has 0 saturated carbocycles. The van der Waals surface area contributed by atoms with Crippen molar-refractivity contribution in [3.8, 4) is 5.75 Å². The fourth-order valence-corrected chi connectivity index (χ4v) is 1.14. The summed E-state index contributed by atoms with van der Waals surface area (Å²) in [6.45, 7) is 1.98. The van der Waals surface area contributed by atoms with E-state index in [1.165, 1.54) is 0 Å². The minimum absolute atomic E-state index is 0.170. The van der Waals surface area contributed by atoms with E-state index >= 15 is 0 Å². The monoisotopic (exact) mass is 177 g/mol. The first-order valence-corrected chi connectivity index (χ1v) is 4.20. The molecule has 1 radical (unpaired) electrons. The standard InChI is InChI=1S/C11H13O2/c1-9(7-8-12)10-3-5-11(13-2)6-4-10/h3-9H,1-2H3. The summed E-state index contributed by atoms with van der Waals surface area (Å²) in [7, 11) is 1.63. The van der Waals surface area contributed by atoms with E-state index in [4.69, 9.17) is 4.74 Å². The molecule has 0 saturated heterocycles. The molecule has 0 amide bonds. The Balaban J connectivity index is 2.73. The van der Waals surface area contributed by atoms with E-state index in [-0.39, 0.29) is 5.92 Å². The molecule has 0 fully saturated rings. The van der Waals surface area contributed by atoms with Crippen LogP contribution in [0.15, 0.2) is 24.3 Å². The van der Waals surface area contributed by atoms with Gasteiger partial charge in [-0.2, -0.15) is 0 Å². The van der Waals surface area contributed by atoms with Crippen molar-refractivity contribution in [3.63, 3.8) is 0 Å². The van der Waals surface area contributed by atoms with Gasteiger partial charge in [0.15, 0.2) is 0 Å². The number of carbonyl (C=O) groups excluding carboxylic acids is 1. The number of ether oxygens (including phenoxy) is 1. The highest BCUT2D eigenvalue weighted by atomic mass is 16.5. The third-order valence-corrected chi connectivity index (χ3v) is 2.01. The molecule has 0 aromatic heterocycles. The summed E-state index contributed by atoms with van der Waals surface area (Å²) >= 11 is 0. The van der Waals surface area contributed by atoms with Crippen molar-refractivity contribution in [2.45, 2.75) is 12.8 Å². The first kappa shape index (κ1) is 9.78. The van der Waals surface area contributed by atoms with Gasteiger partial charge in [-0.3, -0.25) is 0 Å². The van der Waals surface area contributed by atoms with Gasteiger partial charge < -0.3 is 9.53 Å². The highest BCUT2D eigenvalue weighted by molar-refractivity contribution is 5.63. The average Bonchev–Trinajstić information content (AvgIpc) is 2.18. The van der Waals surface area contributed by atoms with Gasteiger partial charge in [0.05, 0.1) is 7.11 Å². The van der Waals surface area contributed by atoms with Crippen LogP contribution in [0.25, 0.3) is 0 Å². The molecular formula is C11H13O2. The lowest BCUT2D eigenvalue weighted by molar-refractivity contribution is -0.105. The largest absolute Gasteiger partial charge is 0.497 e. The van der Waals surface area contributed by atoms with Crippen molar-refractivity contribution in [2.24, 2.45) is 0 Å². The van der Waals surface area contributed by atoms with Crippen molar-refractivity contribution >= 4 is 6.29 Å². The zero-order valence-corrected chi connectivity index (χ0v) is 7.86. The van der Waals surface area contributed by atoms with Crippen LogP contribution in [-0.2, 0) is 4.79 Å². The summed E-state index contributed by atoms with van der Waals surface area (Å²) in [6, 6.07) is 7.71. The molecule has 2 nitrogen and oxygen atoms in total. The maximum Gasteiger partial charge on any atom is 0.124 e. The van der Waals surface area contributed by atoms with Crippen molar-refractivity contribution in [1.82, 2.24) is 0 Å². The predicted molar refractivity (Wildman–Crippen MR) is 51.8 cm³/mol. The Hall–Kier alpha value is -1.31. The first-order chi connectivity index (χ1) is 6.27. The van der Waals surface area contributed by atoms with E-state index in [0.29, 0.717) is 0 Å². The normalized spacial score (nSPS) is 12.2. The van der Waals surface area contributed by atoms with Gasteiger partial charge in [0, 0.05) is 6.42 Å². The molecule has 1 unspecified atom stereocenters. The molecule has 1 atom stereocenters. The highest BCUT2D eigenvalue weighted by Crippen LogP contribution is 2.20. The highest BCUT2D eigenvalue weighted by Gasteiger charge is 2.04. The van der Waals surface area contributed by atoms with E-state index in [2.05, 4.69) is 0 Å². The van der Waals surface area contributed by atoms with Gasteiger partial charge in [0.25, 0.3) is 0 Å². The van der Waals surface area contributed by atoms with Gasteiger partial charge in [-0.25, -0.2) is 0 Å². The second kappa shape index (κ2) is 4.65. The van der Waals surface area contributed by atoms with Gasteiger partial charge in [-0.1, -0.05) is 19.1 Å². The van der Waals surface area contributed by atoms with Gasteiger partial charge in [0.2, 0.25) is 0 Å². The van der Waals surface area contributed by atoms with Crippen molar-refractivity contribution in [2.75, 3.05) is 7.11 Å². The lowest BCUT2D eigenvalue weighted by atomic mass is 9.99. The van der Waals surface area contributed by atoms with Crippen LogP contribution in [0, 0.1) is 6.42 Å². The molecule has 0 N–H and O–H groups in total. The van der Waals surface area contributed by atoms with Crippen LogP contribution >= 0.6 is 0 Å². The molecule has 0 aliphatic carbocycles. The van der Waals surface area contributed by atoms with Gasteiger partial charge in [-0.05, 0) is 23.6 Å². The minimum atomic E-state index is 0.170. The zero-order chi connectivity index (χ0) is 9.68. The summed E-state index contributed by atoms with van der Waals surface area (Å²) in [6.07, 6.45) is 2.46. The quantitative estimate of drug-likeness (QED) is 0.659. The number of hydrogen-bond donors (Lipinski definition) is 0. The van der Waals surface area contributed by atoms with E-state index in [1.807, 2.05) is 31.2 Å². The van der Waals surface area contributed by atoms with Crippen LogP contribution in [-0.4, -0.2) is 13.4 Å². The van der Waals surface area contributed by atoms with Gasteiger partial charge in [-0.15, -0.1) is 0 Å². The summed E-state index contributed by atoms with van der Waals surface area (Å²) < 4.78 is 5.03. The molecule has 13 heavy (non-hydrogen) atoms. The van der Waals surface area contributed by atoms with Gasteiger partial charge in [0.1, 0.15) is 12.0 Å². The minimum Gasteiger partial charge on any atom is -0.497 e. The molecule has 0 heterocycles. The smallest absolute Gasteiger partial charge is 0.124 e. The number of aldehydes is 1. The molecule has 0 aliphatic heterocycles. The van der Waals surface area contributed by atoms with Crippen LogP contribution in [0.1, 0.15) is 18.4 Å². The molecule has 0 aliphatic rings. The average molecular weight is 177 g/mol. The molecule has 0 bridgehead atoms. The predicted octanol–water partition coefficient (Wildman–Crippen LogP) is 2.20. The van der Waals surface area contributed by atoms with Crippen molar-refractivity contribution in [1.29, 1.82) is 0 Å². The maximum atomic E-state index is 10.2. The molecule has 1 aromatic carbocycles. The number of carbonyl (C=O) groups is 1. The fourth-order valence-electron chi connectivity index (χ4n) is 1.14. The number of rotatable bonds is 4. The first-order valence-electron chi connectivity index (χ1n) is 4.20. The topological polar surface area (TPSA) is 26.3 Å². The van der Waals surface area contributed by atoms with Crippen molar-refractivity contribution < 1.29 is 9.53 Å². The Labute approximate surface area is 78.5 Å².